The lowest BCUT2D eigenvalue weighted by Gasteiger charge is -2.32. The van der Waals surface area contributed by atoms with Gasteiger partial charge in [0.25, 0.3) is 0 Å². The number of nitrogens with zero attached hydrogens (tertiary/aromatic N) is 1. The standard InChI is InChI=1S/C29H40BrNO5/c1-3-35-28(32)14-8-10-20-31(23-25-15-17-26(18-16-25)29(33)34-2)27(36-21-11-5-9-19-30)22-24-12-6-4-7-13-24/h4,6-7,12-13,15-18,27H,3,5,8-11,14,19-23H2,1-2H3. The Bertz CT molecular complexity index is 875. The van der Waals surface area contributed by atoms with E-state index in [2.05, 4.69) is 45.1 Å². The van der Waals surface area contributed by atoms with Crippen LogP contribution in [0.2, 0.25) is 0 Å². The zero-order chi connectivity index (χ0) is 26.0. The maximum atomic E-state index is 11.8. The lowest BCUT2D eigenvalue weighted by molar-refractivity contribution is -0.143. The zero-order valence-corrected chi connectivity index (χ0v) is 23.2. The highest BCUT2D eigenvalue weighted by atomic mass is 79.9. The Morgan fingerprint density at radius 1 is 0.917 bits per heavy atom. The highest BCUT2D eigenvalue weighted by Gasteiger charge is 2.20. The largest absolute Gasteiger partial charge is 0.466 e. The van der Waals surface area contributed by atoms with E-state index in [0.29, 0.717) is 31.7 Å². The van der Waals surface area contributed by atoms with Crippen molar-refractivity contribution in [1.82, 2.24) is 4.90 Å². The van der Waals surface area contributed by atoms with Crippen molar-refractivity contribution in [1.29, 1.82) is 0 Å². The molecule has 198 valence electrons. The molecule has 1 unspecified atom stereocenters. The van der Waals surface area contributed by atoms with Gasteiger partial charge in [-0.3, -0.25) is 9.69 Å². The first kappa shape index (κ1) is 30.0. The highest BCUT2D eigenvalue weighted by molar-refractivity contribution is 9.09. The summed E-state index contributed by atoms with van der Waals surface area (Å²) in [6.45, 7) is 4.41. The molecular weight excluding hydrogens is 522 g/mol. The van der Waals surface area contributed by atoms with Crippen LogP contribution in [0.1, 0.15) is 66.9 Å². The molecule has 2 aromatic rings. The summed E-state index contributed by atoms with van der Waals surface area (Å²) in [5.74, 6) is -0.488. The van der Waals surface area contributed by atoms with Crippen molar-refractivity contribution in [3.63, 3.8) is 0 Å². The molecule has 2 aromatic carbocycles. The van der Waals surface area contributed by atoms with Crippen molar-refractivity contribution in [3.8, 4) is 0 Å². The normalized spacial score (nSPS) is 11.9. The molecule has 0 amide bonds. The van der Waals surface area contributed by atoms with Gasteiger partial charge in [-0.2, -0.15) is 0 Å². The SMILES string of the molecule is CCOC(=O)CCCCN(Cc1ccc(C(=O)OC)cc1)C(Cc1ccccc1)OCCCCCBr. The summed E-state index contributed by atoms with van der Waals surface area (Å²) in [6.07, 6.45) is 6.00. The van der Waals surface area contributed by atoms with Crippen molar-refractivity contribution < 1.29 is 23.8 Å². The third-order valence-electron chi connectivity index (χ3n) is 5.89. The van der Waals surface area contributed by atoms with E-state index in [1.807, 2.05) is 25.1 Å². The summed E-state index contributed by atoms with van der Waals surface area (Å²) < 4.78 is 16.4. The topological polar surface area (TPSA) is 65.1 Å². The van der Waals surface area contributed by atoms with Crippen LogP contribution in [0.25, 0.3) is 0 Å². The summed E-state index contributed by atoms with van der Waals surface area (Å²) in [5, 5.41) is 1.01. The number of hydrogen-bond donors (Lipinski definition) is 0. The molecule has 0 saturated heterocycles. The number of ether oxygens (including phenoxy) is 3. The fraction of sp³-hybridized carbons (Fsp3) is 0.517. The number of carbonyl (C=O) groups excluding carboxylic acids is 2. The summed E-state index contributed by atoms with van der Waals surface area (Å²) in [4.78, 5) is 26.0. The second-order valence-corrected chi connectivity index (χ2v) is 9.48. The van der Waals surface area contributed by atoms with Crippen LogP contribution in [0.3, 0.4) is 0 Å². The first-order chi connectivity index (χ1) is 17.6. The predicted molar refractivity (Wildman–Crippen MR) is 146 cm³/mol. The Kier molecular flexibility index (Phi) is 15.1. The molecule has 0 heterocycles. The Labute approximate surface area is 224 Å². The molecule has 0 aliphatic heterocycles. The van der Waals surface area contributed by atoms with Crippen molar-refractivity contribution >= 4 is 27.9 Å². The van der Waals surface area contributed by atoms with Gasteiger partial charge in [-0.15, -0.1) is 0 Å². The minimum Gasteiger partial charge on any atom is -0.466 e. The van der Waals surface area contributed by atoms with E-state index in [1.165, 1.54) is 12.7 Å². The summed E-state index contributed by atoms with van der Waals surface area (Å²) in [5.41, 5.74) is 2.85. The van der Waals surface area contributed by atoms with E-state index in [4.69, 9.17) is 14.2 Å². The summed E-state index contributed by atoms with van der Waals surface area (Å²) >= 11 is 3.50. The fourth-order valence-electron chi connectivity index (χ4n) is 3.94. The Balaban J connectivity index is 2.14. The van der Waals surface area contributed by atoms with E-state index in [0.717, 1.165) is 56.0 Å². The number of rotatable bonds is 18. The molecule has 36 heavy (non-hydrogen) atoms. The van der Waals surface area contributed by atoms with Crippen LogP contribution in [0.5, 0.6) is 0 Å². The maximum Gasteiger partial charge on any atom is 0.337 e. The minimum absolute atomic E-state index is 0.0979. The van der Waals surface area contributed by atoms with Crippen LogP contribution in [0.4, 0.5) is 0 Å². The number of esters is 2. The molecule has 0 bridgehead atoms. The van der Waals surface area contributed by atoms with Crippen molar-refractivity contribution in [3.05, 3.63) is 71.3 Å². The van der Waals surface area contributed by atoms with Gasteiger partial charge < -0.3 is 14.2 Å². The van der Waals surface area contributed by atoms with Gasteiger partial charge in [0.05, 0.1) is 19.3 Å². The number of hydrogen-bond acceptors (Lipinski definition) is 6. The fourth-order valence-corrected chi connectivity index (χ4v) is 4.34. The van der Waals surface area contributed by atoms with Crippen LogP contribution in [-0.2, 0) is 32.0 Å². The van der Waals surface area contributed by atoms with E-state index >= 15 is 0 Å². The lowest BCUT2D eigenvalue weighted by Crippen LogP contribution is -2.39. The van der Waals surface area contributed by atoms with E-state index < -0.39 is 0 Å². The molecule has 0 fully saturated rings. The smallest absolute Gasteiger partial charge is 0.337 e. The van der Waals surface area contributed by atoms with Gasteiger partial charge in [0.1, 0.15) is 6.23 Å². The third-order valence-corrected chi connectivity index (χ3v) is 6.45. The maximum absolute atomic E-state index is 11.8. The first-order valence-electron chi connectivity index (χ1n) is 12.9. The Morgan fingerprint density at radius 2 is 1.67 bits per heavy atom. The van der Waals surface area contributed by atoms with Gasteiger partial charge in [-0.1, -0.05) is 64.8 Å². The van der Waals surface area contributed by atoms with Crippen molar-refractivity contribution in [2.24, 2.45) is 0 Å². The average Bonchev–Trinajstić information content (AvgIpc) is 2.90. The molecule has 0 radical (unpaired) electrons. The van der Waals surface area contributed by atoms with Crippen LogP contribution >= 0.6 is 15.9 Å². The number of carbonyl (C=O) groups is 2. The molecule has 2 rings (SSSR count). The van der Waals surface area contributed by atoms with Gasteiger partial charge in [0.2, 0.25) is 0 Å². The number of halogens is 1. The second kappa shape index (κ2) is 18.1. The summed E-state index contributed by atoms with van der Waals surface area (Å²) in [7, 11) is 1.39. The van der Waals surface area contributed by atoms with E-state index in [9.17, 15) is 9.59 Å². The molecule has 0 N–H and O–H groups in total. The van der Waals surface area contributed by atoms with Gasteiger partial charge >= 0.3 is 11.9 Å². The van der Waals surface area contributed by atoms with Gasteiger partial charge in [0, 0.05) is 37.9 Å². The molecule has 6 nitrogen and oxygen atoms in total. The Morgan fingerprint density at radius 3 is 2.33 bits per heavy atom. The van der Waals surface area contributed by atoms with Crippen LogP contribution < -0.4 is 0 Å². The molecule has 0 saturated carbocycles. The summed E-state index contributed by atoms with van der Waals surface area (Å²) in [6, 6.07) is 17.9. The van der Waals surface area contributed by atoms with Gasteiger partial charge in [-0.05, 0) is 55.9 Å². The highest BCUT2D eigenvalue weighted by Crippen LogP contribution is 2.18. The van der Waals surface area contributed by atoms with Crippen molar-refractivity contribution in [2.75, 3.05) is 32.2 Å². The van der Waals surface area contributed by atoms with Crippen LogP contribution in [0, 0.1) is 0 Å². The number of benzene rings is 2. The van der Waals surface area contributed by atoms with Crippen LogP contribution in [0.15, 0.2) is 54.6 Å². The number of methoxy groups -OCH3 is 1. The van der Waals surface area contributed by atoms with Gasteiger partial charge in [0.15, 0.2) is 0 Å². The second-order valence-electron chi connectivity index (χ2n) is 8.69. The molecule has 0 aromatic heterocycles. The van der Waals surface area contributed by atoms with Gasteiger partial charge in [-0.25, -0.2) is 4.79 Å². The predicted octanol–water partition coefficient (Wildman–Crippen LogP) is 6.16. The zero-order valence-electron chi connectivity index (χ0n) is 21.6. The first-order valence-corrected chi connectivity index (χ1v) is 14.0. The molecule has 0 aliphatic rings. The average molecular weight is 563 g/mol. The van der Waals surface area contributed by atoms with Crippen LogP contribution in [-0.4, -0.2) is 55.3 Å². The quantitative estimate of drug-likeness (QED) is 0.0939. The van der Waals surface area contributed by atoms with E-state index in [-0.39, 0.29) is 18.2 Å². The number of unbranched alkanes of at least 4 members (excludes halogenated alkanes) is 3. The lowest BCUT2D eigenvalue weighted by atomic mass is 10.1. The molecule has 1 atom stereocenters. The Hall–Kier alpha value is -2.22. The molecule has 7 heteroatoms. The van der Waals surface area contributed by atoms with E-state index in [1.54, 1.807) is 12.1 Å². The number of alkyl halides is 1. The third kappa shape index (κ3) is 11.7. The molecule has 0 aliphatic carbocycles. The molecule has 0 spiro atoms. The molecular formula is C29H40BrNO5. The minimum atomic E-state index is -0.342. The van der Waals surface area contributed by atoms with Crippen molar-refractivity contribution in [2.45, 2.75) is 64.6 Å². The monoisotopic (exact) mass is 561 g/mol.